The number of nitrogens with zero attached hydrogens (tertiary/aromatic N) is 1. The summed E-state index contributed by atoms with van der Waals surface area (Å²) in [5.41, 5.74) is 9.82. The lowest BCUT2D eigenvalue weighted by Crippen LogP contribution is -1.99. The third-order valence-corrected chi connectivity index (χ3v) is 4.74. The SMILES string of the molecule is Cc1ccc(C)c(S(=O)Cc2nc3cc(N)ccc3o2)c1. The second-order valence-corrected chi connectivity index (χ2v) is 6.51. The Morgan fingerprint density at radius 2 is 2.00 bits per heavy atom. The molecule has 0 aliphatic rings. The zero-order valence-corrected chi connectivity index (χ0v) is 12.7. The fraction of sp³-hybridized carbons (Fsp3) is 0.188. The molecule has 2 aromatic carbocycles. The highest BCUT2D eigenvalue weighted by atomic mass is 32.2. The first-order chi connectivity index (χ1) is 10.0. The number of benzene rings is 2. The Kier molecular flexibility index (Phi) is 3.51. The number of rotatable bonds is 3. The van der Waals surface area contributed by atoms with Crippen LogP contribution >= 0.6 is 0 Å². The molecule has 0 aliphatic carbocycles. The average molecular weight is 300 g/mol. The monoisotopic (exact) mass is 300 g/mol. The topological polar surface area (TPSA) is 69.1 Å². The molecule has 0 saturated heterocycles. The molecule has 1 aromatic heterocycles. The standard InChI is InChI=1S/C16H16N2O2S/c1-10-3-4-11(2)15(7-10)21(19)9-16-18-13-8-12(17)5-6-14(13)20-16/h3-8H,9,17H2,1-2H3. The normalized spacial score (nSPS) is 12.7. The van der Waals surface area contributed by atoms with Crippen molar-refractivity contribution < 1.29 is 8.63 Å². The summed E-state index contributed by atoms with van der Waals surface area (Å²) in [6, 6.07) is 11.2. The summed E-state index contributed by atoms with van der Waals surface area (Å²) in [4.78, 5) is 5.18. The minimum atomic E-state index is -1.18. The summed E-state index contributed by atoms with van der Waals surface area (Å²) in [5.74, 6) is 0.730. The zero-order valence-electron chi connectivity index (χ0n) is 11.9. The smallest absolute Gasteiger partial charge is 0.208 e. The van der Waals surface area contributed by atoms with E-state index >= 15 is 0 Å². The van der Waals surface area contributed by atoms with Crippen LogP contribution in [0.3, 0.4) is 0 Å². The fourth-order valence-electron chi connectivity index (χ4n) is 2.20. The molecule has 21 heavy (non-hydrogen) atoms. The van der Waals surface area contributed by atoms with Crippen molar-refractivity contribution in [3.8, 4) is 0 Å². The van der Waals surface area contributed by atoms with Crippen LogP contribution in [0.1, 0.15) is 17.0 Å². The first-order valence-corrected chi connectivity index (χ1v) is 7.95. The van der Waals surface area contributed by atoms with Crippen molar-refractivity contribution in [2.45, 2.75) is 24.5 Å². The molecule has 1 unspecified atom stereocenters. The van der Waals surface area contributed by atoms with E-state index in [0.29, 0.717) is 22.7 Å². The summed E-state index contributed by atoms with van der Waals surface area (Å²) < 4.78 is 18.1. The number of nitrogens with two attached hydrogens (primary N) is 1. The molecule has 0 saturated carbocycles. The number of hydrogen-bond acceptors (Lipinski definition) is 4. The van der Waals surface area contributed by atoms with E-state index in [-0.39, 0.29) is 5.75 Å². The Labute approximate surface area is 125 Å². The van der Waals surface area contributed by atoms with Gasteiger partial charge in [-0.15, -0.1) is 0 Å². The maximum absolute atomic E-state index is 12.5. The van der Waals surface area contributed by atoms with Gasteiger partial charge in [0.25, 0.3) is 0 Å². The molecule has 4 nitrogen and oxygen atoms in total. The number of hydrogen-bond donors (Lipinski definition) is 1. The van der Waals surface area contributed by atoms with E-state index in [1.54, 1.807) is 18.2 Å². The van der Waals surface area contributed by atoms with Gasteiger partial charge in [-0.3, -0.25) is 4.21 Å². The fourth-order valence-corrected chi connectivity index (χ4v) is 3.44. The van der Waals surface area contributed by atoms with Gasteiger partial charge >= 0.3 is 0 Å². The molecule has 0 radical (unpaired) electrons. The van der Waals surface area contributed by atoms with Gasteiger partial charge in [0.1, 0.15) is 11.3 Å². The van der Waals surface area contributed by atoms with Crippen molar-refractivity contribution in [2.75, 3.05) is 5.73 Å². The Hall–Kier alpha value is -2.14. The van der Waals surface area contributed by atoms with E-state index in [9.17, 15) is 4.21 Å². The molecule has 0 spiro atoms. The van der Waals surface area contributed by atoms with Gasteiger partial charge in [-0.2, -0.15) is 0 Å². The second-order valence-electron chi connectivity index (χ2n) is 5.09. The first-order valence-electron chi connectivity index (χ1n) is 6.63. The first kappa shape index (κ1) is 13.8. The van der Waals surface area contributed by atoms with Gasteiger partial charge in [-0.1, -0.05) is 12.1 Å². The van der Waals surface area contributed by atoms with Crippen molar-refractivity contribution in [3.63, 3.8) is 0 Å². The third kappa shape index (κ3) is 2.83. The van der Waals surface area contributed by atoms with E-state index < -0.39 is 10.8 Å². The van der Waals surface area contributed by atoms with Gasteiger partial charge in [-0.25, -0.2) is 4.98 Å². The zero-order chi connectivity index (χ0) is 15.0. The van der Waals surface area contributed by atoms with E-state index in [2.05, 4.69) is 4.98 Å². The van der Waals surface area contributed by atoms with E-state index in [4.69, 9.17) is 10.2 Å². The van der Waals surface area contributed by atoms with Crippen molar-refractivity contribution >= 4 is 27.6 Å². The van der Waals surface area contributed by atoms with Gasteiger partial charge < -0.3 is 10.2 Å². The molecule has 3 rings (SSSR count). The summed E-state index contributed by atoms with van der Waals surface area (Å²) in [7, 11) is -1.18. The lowest BCUT2D eigenvalue weighted by atomic mass is 10.2. The predicted molar refractivity (Wildman–Crippen MR) is 84.4 cm³/mol. The van der Waals surface area contributed by atoms with Crippen LogP contribution in [-0.4, -0.2) is 9.19 Å². The van der Waals surface area contributed by atoms with Crippen molar-refractivity contribution in [1.29, 1.82) is 0 Å². The quantitative estimate of drug-likeness (QED) is 0.753. The van der Waals surface area contributed by atoms with Gasteiger partial charge in [-0.05, 0) is 49.2 Å². The summed E-state index contributed by atoms with van der Waals surface area (Å²) in [6.07, 6.45) is 0. The lowest BCUT2D eigenvalue weighted by Gasteiger charge is -2.05. The van der Waals surface area contributed by atoms with Crippen molar-refractivity contribution in [3.05, 3.63) is 53.4 Å². The second kappa shape index (κ2) is 5.33. The highest BCUT2D eigenvalue weighted by molar-refractivity contribution is 7.84. The molecule has 5 heteroatoms. The highest BCUT2D eigenvalue weighted by Gasteiger charge is 2.13. The van der Waals surface area contributed by atoms with Gasteiger partial charge in [0.2, 0.25) is 5.89 Å². The molecule has 3 aromatic rings. The molecule has 0 fully saturated rings. The van der Waals surface area contributed by atoms with Crippen LogP contribution in [-0.2, 0) is 16.6 Å². The number of fused-ring (bicyclic) bond motifs is 1. The summed E-state index contributed by atoms with van der Waals surface area (Å²) >= 11 is 0. The average Bonchev–Trinajstić information content (AvgIpc) is 2.82. The van der Waals surface area contributed by atoms with Gasteiger partial charge in [0.05, 0.1) is 10.8 Å². The minimum Gasteiger partial charge on any atom is -0.440 e. The molecular formula is C16H16N2O2S. The number of aryl methyl sites for hydroxylation is 2. The van der Waals surface area contributed by atoms with Crippen LogP contribution in [0.15, 0.2) is 45.7 Å². The van der Waals surface area contributed by atoms with Gasteiger partial charge in [0, 0.05) is 10.6 Å². The summed E-state index contributed by atoms with van der Waals surface area (Å²) in [6.45, 7) is 3.95. The molecule has 0 aliphatic heterocycles. The molecule has 1 atom stereocenters. The number of nitrogen functional groups attached to an aromatic ring is 1. The van der Waals surface area contributed by atoms with Gasteiger partial charge in [0.15, 0.2) is 5.58 Å². The highest BCUT2D eigenvalue weighted by Crippen LogP contribution is 2.22. The molecule has 0 bridgehead atoms. The number of oxazole rings is 1. The van der Waals surface area contributed by atoms with Crippen LogP contribution in [0.4, 0.5) is 5.69 Å². The van der Waals surface area contributed by atoms with Crippen LogP contribution in [0, 0.1) is 13.8 Å². The van der Waals surface area contributed by atoms with E-state index in [1.807, 2.05) is 32.0 Å². The number of anilines is 1. The van der Waals surface area contributed by atoms with E-state index in [0.717, 1.165) is 16.0 Å². The van der Waals surface area contributed by atoms with E-state index in [1.165, 1.54) is 0 Å². The third-order valence-electron chi connectivity index (χ3n) is 3.30. The Bertz CT molecular complexity index is 839. The Balaban J connectivity index is 1.90. The maximum atomic E-state index is 12.5. The van der Waals surface area contributed by atoms with Crippen LogP contribution in [0.5, 0.6) is 0 Å². The lowest BCUT2D eigenvalue weighted by molar-refractivity contribution is 0.552. The van der Waals surface area contributed by atoms with Crippen LogP contribution in [0.25, 0.3) is 11.1 Å². The van der Waals surface area contributed by atoms with Crippen molar-refractivity contribution in [1.82, 2.24) is 4.98 Å². The molecule has 108 valence electrons. The molecule has 0 amide bonds. The molecule has 1 heterocycles. The van der Waals surface area contributed by atoms with Crippen LogP contribution < -0.4 is 5.73 Å². The molecular weight excluding hydrogens is 284 g/mol. The number of aromatic nitrogens is 1. The Morgan fingerprint density at radius 1 is 1.19 bits per heavy atom. The minimum absolute atomic E-state index is 0.263. The summed E-state index contributed by atoms with van der Waals surface area (Å²) in [5, 5.41) is 0. The van der Waals surface area contributed by atoms with Crippen molar-refractivity contribution in [2.24, 2.45) is 0 Å². The maximum Gasteiger partial charge on any atom is 0.208 e. The molecule has 2 N–H and O–H groups in total. The largest absolute Gasteiger partial charge is 0.440 e. The van der Waals surface area contributed by atoms with Crippen LogP contribution in [0.2, 0.25) is 0 Å². The predicted octanol–water partition coefficient (Wildman–Crippen LogP) is 3.33. The Morgan fingerprint density at radius 3 is 2.81 bits per heavy atom.